The average molecular weight is 486 g/mol. The van der Waals surface area contributed by atoms with Crippen LogP contribution in [0.25, 0.3) is 0 Å². The first-order valence-corrected chi connectivity index (χ1v) is 11.9. The summed E-state index contributed by atoms with van der Waals surface area (Å²) in [5.41, 5.74) is -1.45. The van der Waals surface area contributed by atoms with E-state index >= 15 is 0 Å². The van der Waals surface area contributed by atoms with E-state index in [9.17, 15) is 18.5 Å². The molecule has 4 rings (SSSR count). The van der Waals surface area contributed by atoms with Gasteiger partial charge in [-0.1, -0.05) is 18.2 Å². The molecule has 13 heteroatoms. The summed E-state index contributed by atoms with van der Waals surface area (Å²) in [6.07, 6.45) is -2.27. The van der Waals surface area contributed by atoms with E-state index in [4.69, 9.17) is 27.8 Å². The number of hydrogen-bond acceptors (Lipinski definition) is 9. The molecular formula is C20H24FN2O9P. The van der Waals surface area contributed by atoms with Crippen LogP contribution >= 0.6 is 7.82 Å². The van der Waals surface area contributed by atoms with Crippen LogP contribution in [-0.4, -0.2) is 41.6 Å². The number of H-pyrrole nitrogens is 1. The molecule has 1 unspecified atom stereocenters. The summed E-state index contributed by atoms with van der Waals surface area (Å²) in [6, 6.07) is 6.77. The molecule has 0 bridgehead atoms. The van der Waals surface area contributed by atoms with Gasteiger partial charge in [0.25, 0.3) is 5.56 Å². The molecule has 1 aromatic carbocycles. The summed E-state index contributed by atoms with van der Waals surface area (Å²) in [5, 5.41) is 0. The minimum atomic E-state index is -4.07. The number of nitrogens with one attached hydrogen (secondary N) is 1. The Labute approximate surface area is 187 Å². The molecule has 2 aromatic rings. The number of phosphoric ester groups is 1. The second-order valence-corrected chi connectivity index (χ2v) is 8.81. The van der Waals surface area contributed by atoms with Gasteiger partial charge in [-0.05, 0) is 19.9 Å². The Balaban J connectivity index is 1.51. The molecule has 1 aromatic heterocycles. The van der Waals surface area contributed by atoms with Gasteiger partial charge in [-0.2, -0.15) is 4.39 Å². The molecule has 4 atom stereocenters. The molecule has 0 spiro atoms. The Kier molecular flexibility index (Phi) is 7.13. The maximum Gasteiger partial charge on any atom is 0.530 e. The molecule has 2 aliphatic rings. The minimum Gasteiger partial charge on any atom is -0.404 e. The van der Waals surface area contributed by atoms with Crippen molar-refractivity contribution in [2.75, 3.05) is 19.8 Å². The predicted molar refractivity (Wildman–Crippen MR) is 111 cm³/mol. The number of ether oxygens (including phenoxy) is 3. The molecule has 11 nitrogen and oxygen atoms in total. The zero-order valence-electron chi connectivity index (χ0n) is 18.0. The number of rotatable bonds is 8. The van der Waals surface area contributed by atoms with Crippen molar-refractivity contribution < 1.29 is 36.7 Å². The second-order valence-electron chi connectivity index (χ2n) is 7.27. The lowest BCUT2D eigenvalue weighted by Gasteiger charge is -2.30. The van der Waals surface area contributed by atoms with E-state index in [1.54, 1.807) is 24.3 Å². The monoisotopic (exact) mass is 486 g/mol. The van der Waals surface area contributed by atoms with Crippen LogP contribution in [0.15, 0.2) is 40.1 Å². The van der Waals surface area contributed by atoms with Gasteiger partial charge in [0.15, 0.2) is 6.29 Å². The highest BCUT2D eigenvalue weighted by atomic mass is 31.2. The third kappa shape index (κ3) is 5.11. The van der Waals surface area contributed by atoms with E-state index < -0.39 is 49.6 Å². The van der Waals surface area contributed by atoms with Gasteiger partial charge in [0.05, 0.1) is 18.4 Å². The van der Waals surface area contributed by atoms with Crippen LogP contribution in [0.1, 0.15) is 38.3 Å². The maximum absolute atomic E-state index is 13.7. The standard InChI is InChI=1S/C20H24FN2O9P/c1-3-27-19(28-4-2)12-7-5-6-8-14(12)31-33(26)29-11-16-15(32-33)9-17(30-16)23-10-13(21)18(24)22-20(23)25/h5-8,10,15-17,19H,3-4,9,11H2,1-2H3,(H,22,24,25)/t15-,16+,17+,33?/m0/s1. The van der Waals surface area contributed by atoms with Crippen molar-refractivity contribution in [3.8, 4) is 5.75 Å². The van der Waals surface area contributed by atoms with E-state index in [0.717, 1.165) is 10.8 Å². The van der Waals surface area contributed by atoms with Crippen molar-refractivity contribution >= 4 is 7.82 Å². The maximum atomic E-state index is 13.7. The Morgan fingerprint density at radius 1 is 1.21 bits per heavy atom. The molecule has 2 saturated heterocycles. The first-order valence-electron chi connectivity index (χ1n) is 10.4. The third-order valence-electron chi connectivity index (χ3n) is 5.10. The molecule has 0 saturated carbocycles. The van der Waals surface area contributed by atoms with Crippen molar-refractivity contribution in [2.24, 2.45) is 0 Å². The molecular weight excluding hydrogens is 462 g/mol. The van der Waals surface area contributed by atoms with Gasteiger partial charge in [-0.25, -0.2) is 9.36 Å². The van der Waals surface area contributed by atoms with Crippen molar-refractivity contribution in [1.29, 1.82) is 0 Å². The summed E-state index contributed by atoms with van der Waals surface area (Å²) >= 11 is 0. The van der Waals surface area contributed by atoms with Gasteiger partial charge in [0, 0.05) is 19.6 Å². The number of hydrogen-bond donors (Lipinski definition) is 1. The Morgan fingerprint density at radius 3 is 2.67 bits per heavy atom. The molecule has 0 radical (unpaired) electrons. The lowest BCUT2D eigenvalue weighted by Crippen LogP contribution is -2.34. The lowest BCUT2D eigenvalue weighted by atomic mass is 10.2. The minimum absolute atomic E-state index is 0.0644. The van der Waals surface area contributed by atoms with Crippen molar-refractivity contribution in [3.05, 3.63) is 62.7 Å². The van der Waals surface area contributed by atoms with E-state index in [1.807, 2.05) is 18.8 Å². The van der Waals surface area contributed by atoms with Crippen molar-refractivity contribution in [1.82, 2.24) is 9.55 Å². The van der Waals surface area contributed by atoms with E-state index in [1.165, 1.54) is 0 Å². The third-order valence-corrected chi connectivity index (χ3v) is 6.51. The Morgan fingerprint density at radius 2 is 1.94 bits per heavy atom. The quantitative estimate of drug-likeness (QED) is 0.442. The van der Waals surface area contributed by atoms with Gasteiger partial charge in [0.2, 0.25) is 5.82 Å². The Bertz CT molecular complexity index is 1150. The van der Waals surface area contributed by atoms with Crippen LogP contribution in [0.3, 0.4) is 0 Å². The number of phosphoric acid groups is 1. The van der Waals surface area contributed by atoms with Gasteiger partial charge >= 0.3 is 13.5 Å². The fourth-order valence-electron chi connectivity index (χ4n) is 3.62. The molecule has 1 N–H and O–H groups in total. The number of para-hydroxylation sites is 1. The van der Waals surface area contributed by atoms with E-state index in [2.05, 4.69) is 0 Å². The number of benzene rings is 1. The fourth-order valence-corrected chi connectivity index (χ4v) is 5.07. The van der Waals surface area contributed by atoms with Gasteiger partial charge < -0.3 is 18.7 Å². The number of halogens is 1. The van der Waals surface area contributed by atoms with Crippen LogP contribution in [0.5, 0.6) is 5.75 Å². The van der Waals surface area contributed by atoms with Gasteiger partial charge in [-0.15, -0.1) is 0 Å². The molecule has 0 amide bonds. The lowest BCUT2D eigenvalue weighted by molar-refractivity contribution is -0.141. The zero-order valence-corrected chi connectivity index (χ0v) is 18.9. The summed E-state index contributed by atoms with van der Waals surface area (Å²) in [7, 11) is -4.07. The van der Waals surface area contributed by atoms with Gasteiger partial charge in [0.1, 0.15) is 24.2 Å². The SMILES string of the molecule is CCOC(OCC)c1ccccc1OP1(=O)OC[C@H]2O[C@@H](n3cc(F)c(=O)[nH]c3=O)C[C@@H]2O1. The molecule has 0 aliphatic carbocycles. The summed E-state index contributed by atoms with van der Waals surface area (Å²) in [4.78, 5) is 25.2. The highest BCUT2D eigenvalue weighted by Gasteiger charge is 2.49. The molecule has 180 valence electrons. The first-order chi connectivity index (χ1) is 15.8. The van der Waals surface area contributed by atoms with Crippen LogP contribution in [0.4, 0.5) is 4.39 Å². The Hall–Kier alpha value is -2.34. The van der Waals surface area contributed by atoms with E-state index in [0.29, 0.717) is 18.8 Å². The summed E-state index contributed by atoms with van der Waals surface area (Å²) in [5.74, 6) is -0.922. The zero-order chi connectivity index (χ0) is 23.6. The van der Waals surface area contributed by atoms with Gasteiger partial charge in [-0.3, -0.25) is 23.4 Å². The topological polar surface area (TPSA) is 127 Å². The van der Waals surface area contributed by atoms with Crippen LogP contribution < -0.4 is 15.8 Å². The normalized spacial score (nSPS) is 27.0. The number of nitrogens with zero attached hydrogens (tertiary/aromatic N) is 1. The van der Waals surface area contributed by atoms with Crippen molar-refractivity contribution in [3.63, 3.8) is 0 Å². The smallest absolute Gasteiger partial charge is 0.404 e. The highest BCUT2D eigenvalue weighted by molar-refractivity contribution is 7.49. The predicted octanol–water partition coefficient (Wildman–Crippen LogP) is 2.64. The average Bonchev–Trinajstić information content (AvgIpc) is 3.19. The number of aromatic amines is 1. The highest BCUT2D eigenvalue weighted by Crippen LogP contribution is 2.57. The van der Waals surface area contributed by atoms with Crippen LogP contribution in [-0.2, 0) is 27.8 Å². The molecule has 2 fully saturated rings. The van der Waals surface area contributed by atoms with E-state index in [-0.39, 0.29) is 18.8 Å². The van der Waals surface area contributed by atoms with Crippen LogP contribution in [0.2, 0.25) is 0 Å². The fraction of sp³-hybridized carbons (Fsp3) is 0.500. The first kappa shape index (κ1) is 23.8. The molecule has 2 aliphatic heterocycles. The van der Waals surface area contributed by atoms with Crippen molar-refractivity contribution in [2.45, 2.75) is 45.0 Å². The molecule has 33 heavy (non-hydrogen) atoms. The summed E-state index contributed by atoms with van der Waals surface area (Å²) < 4.78 is 61.4. The number of fused-ring (bicyclic) bond motifs is 1. The molecule has 3 heterocycles. The van der Waals surface area contributed by atoms with Crippen LogP contribution in [0, 0.1) is 5.82 Å². The largest absolute Gasteiger partial charge is 0.530 e. The summed E-state index contributed by atoms with van der Waals surface area (Å²) in [6.45, 7) is 4.28. The number of aromatic nitrogens is 2. The second kappa shape index (κ2) is 9.88.